The standard InChI is InChI=1S/C11H8Br2IN3O/c1-2-7-8(14)11(18)17-10(16-7)9-6(13)3-5(12)4-15-9/h3-4H,2H2,1H3,(H,16,17,18). The van der Waals surface area contributed by atoms with Crippen molar-refractivity contribution in [1.82, 2.24) is 15.0 Å². The number of aromatic nitrogens is 3. The molecule has 2 aromatic rings. The van der Waals surface area contributed by atoms with Crippen LogP contribution in [0.3, 0.4) is 0 Å². The van der Waals surface area contributed by atoms with Crippen molar-refractivity contribution in [3.63, 3.8) is 0 Å². The van der Waals surface area contributed by atoms with Crippen LogP contribution in [0.25, 0.3) is 11.5 Å². The molecule has 0 unspecified atom stereocenters. The molecule has 0 bridgehead atoms. The highest BCUT2D eigenvalue weighted by Crippen LogP contribution is 2.26. The van der Waals surface area contributed by atoms with Crippen LogP contribution in [0.4, 0.5) is 0 Å². The van der Waals surface area contributed by atoms with Gasteiger partial charge in [-0.15, -0.1) is 0 Å². The molecule has 4 nitrogen and oxygen atoms in total. The van der Waals surface area contributed by atoms with Crippen LogP contribution in [0, 0.1) is 3.57 Å². The van der Waals surface area contributed by atoms with E-state index in [4.69, 9.17) is 0 Å². The van der Waals surface area contributed by atoms with Crippen LogP contribution < -0.4 is 5.56 Å². The van der Waals surface area contributed by atoms with Crippen LogP contribution in [0.15, 0.2) is 26.0 Å². The molecule has 2 rings (SSSR count). The first-order chi connectivity index (χ1) is 8.52. The van der Waals surface area contributed by atoms with Crippen LogP contribution in [0.2, 0.25) is 0 Å². The van der Waals surface area contributed by atoms with Gasteiger partial charge in [0.2, 0.25) is 0 Å². The fraction of sp³-hybridized carbons (Fsp3) is 0.182. The zero-order valence-electron chi connectivity index (χ0n) is 9.30. The first-order valence-corrected chi connectivity index (χ1v) is 7.79. The molecule has 0 aliphatic rings. The molecule has 2 heterocycles. The van der Waals surface area contributed by atoms with E-state index in [1.54, 1.807) is 6.20 Å². The molecule has 7 heteroatoms. The second-order valence-corrected chi connectivity index (χ2v) is 6.36. The minimum atomic E-state index is -0.130. The summed E-state index contributed by atoms with van der Waals surface area (Å²) in [6, 6.07) is 1.87. The fourth-order valence-electron chi connectivity index (χ4n) is 1.44. The number of pyridine rings is 1. The van der Waals surface area contributed by atoms with Crippen molar-refractivity contribution in [3.05, 3.63) is 40.8 Å². The van der Waals surface area contributed by atoms with Gasteiger partial charge in [0.05, 0.1) is 9.26 Å². The van der Waals surface area contributed by atoms with Crippen LogP contribution in [0.5, 0.6) is 0 Å². The fourth-order valence-corrected chi connectivity index (χ4v) is 3.25. The lowest BCUT2D eigenvalue weighted by molar-refractivity contribution is 0.960. The van der Waals surface area contributed by atoms with Crippen molar-refractivity contribution in [2.24, 2.45) is 0 Å². The maximum atomic E-state index is 11.8. The van der Waals surface area contributed by atoms with E-state index in [1.807, 2.05) is 35.6 Å². The Balaban J connectivity index is 2.64. The minimum Gasteiger partial charge on any atom is -0.304 e. The molecule has 0 saturated heterocycles. The molecule has 0 fully saturated rings. The van der Waals surface area contributed by atoms with E-state index in [-0.39, 0.29) is 5.56 Å². The Labute approximate surface area is 134 Å². The molecule has 2 aromatic heterocycles. The Morgan fingerprint density at radius 3 is 2.78 bits per heavy atom. The highest BCUT2D eigenvalue weighted by molar-refractivity contribution is 14.1. The van der Waals surface area contributed by atoms with Gasteiger partial charge >= 0.3 is 0 Å². The van der Waals surface area contributed by atoms with Crippen LogP contribution in [0.1, 0.15) is 12.6 Å². The number of aryl methyl sites for hydroxylation is 1. The van der Waals surface area contributed by atoms with E-state index in [1.165, 1.54) is 0 Å². The highest BCUT2D eigenvalue weighted by Gasteiger charge is 2.12. The first-order valence-electron chi connectivity index (χ1n) is 5.13. The lowest BCUT2D eigenvalue weighted by atomic mass is 10.3. The zero-order chi connectivity index (χ0) is 13.3. The van der Waals surface area contributed by atoms with Crippen molar-refractivity contribution >= 4 is 54.5 Å². The molecule has 0 radical (unpaired) electrons. The average molecular weight is 485 g/mol. The van der Waals surface area contributed by atoms with Gasteiger partial charge in [-0.3, -0.25) is 9.78 Å². The third-order valence-corrected chi connectivity index (χ3v) is 4.45. The molecule has 94 valence electrons. The van der Waals surface area contributed by atoms with E-state index in [9.17, 15) is 4.79 Å². The van der Waals surface area contributed by atoms with Crippen molar-refractivity contribution in [2.75, 3.05) is 0 Å². The predicted octanol–water partition coefficient (Wildman–Crippen LogP) is 3.52. The van der Waals surface area contributed by atoms with Crippen LogP contribution >= 0.6 is 54.5 Å². The van der Waals surface area contributed by atoms with Crippen molar-refractivity contribution in [1.29, 1.82) is 0 Å². The molecule has 18 heavy (non-hydrogen) atoms. The van der Waals surface area contributed by atoms with E-state index in [0.717, 1.165) is 14.6 Å². The molecular weight excluding hydrogens is 477 g/mol. The van der Waals surface area contributed by atoms with Gasteiger partial charge in [-0.1, -0.05) is 6.92 Å². The monoisotopic (exact) mass is 483 g/mol. The Hall–Kier alpha value is -0.280. The normalized spacial score (nSPS) is 10.7. The first kappa shape index (κ1) is 14.1. The number of hydrogen-bond acceptors (Lipinski definition) is 3. The second kappa shape index (κ2) is 5.79. The molecule has 0 aliphatic carbocycles. The average Bonchev–Trinajstić information content (AvgIpc) is 2.32. The van der Waals surface area contributed by atoms with Gasteiger partial charge in [0.15, 0.2) is 5.82 Å². The second-order valence-electron chi connectivity index (χ2n) is 3.51. The summed E-state index contributed by atoms with van der Waals surface area (Å²) in [5.41, 5.74) is 1.28. The van der Waals surface area contributed by atoms with Crippen molar-refractivity contribution in [2.45, 2.75) is 13.3 Å². The summed E-state index contributed by atoms with van der Waals surface area (Å²) >= 11 is 8.76. The SMILES string of the molecule is CCc1nc(-c2ncc(Br)cc2Br)[nH]c(=O)c1I. The van der Waals surface area contributed by atoms with E-state index >= 15 is 0 Å². The van der Waals surface area contributed by atoms with E-state index in [0.29, 0.717) is 21.5 Å². The van der Waals surface area contributed by atoms with E-state index < -0.39 is 0 Å². The Bertz CT molecular complexity index is 657. The molecule has 0 aromatic carbocycles. The molecule has 0 spiro atoms. The molecule has 0 aliphatic heterocycles. The quantitative estimate of drug-likeness (QED) is 0.664. The lowest BCUT2D eigenvalue weighted by Crippen LogP contribution is -2.16. The number of rotatable bonds is 2. The number of hydrogen-bond donors (Lipinski definition) is 1. The molecule has 0 saturated carbocycles. The summed E-state index contributed by atoms with van der Waals surface area (Å²) in [5.74, 6) is 0.483. The van der Waals surface area contributed by atoms with Gasteiger partial charge in [-0.25, -0.2) is 4.98 Å². The Kier molecular flexibility index (Phi) is 4.54. The van der Waals surface area contributed by atoms with Crippen molar-refractivity contribution < 1.29 is 0 Å². The third-order valence-electron chi connectivity index (χ3n) is 2.30. The van der Waals surface area contributed by atoms with Gasteiger partial charge in [-0.2, -0.15) is 0 Å². The third kappa shape index (κ3) is 2.83. The minimum absolute atomic E-state index is 0.130. The zero-order valence-corrected chi connectivity index (χ0v) is 14.6. The van der Waals surface area contributed by atoms with Gasteiger partial charge in [-0.05, 0) is 66.9 Å². The Morgan fingerprint density at radius 1 is 1.44 bits per heavy atom. The molecular formula is C11H8Br2IN3O. The number of aromatic amines is 1. The number of halogens is 3. The molecule has 1 N–H and O–H groups in total. The van der Waals surface area contributed by atoms with Crippen molar-refractivity contribution in [3.8, 4) is 11.5 Å². The van der Waals surface area contributed by atoms with Gasteiger partial charge < -0.3 is 4.98 Å². The van der Waals surface area contributed by atoms with Gasteiger partial charge in [0, 0.05) is 15.1 Å². The van der Waals surface area contributed by atoms with Gasteiger partial charge in [0.25, 0.3) is 5.56 Å². The predicted molar refractivity (Wildman–Crippen MR) is 85.6 cm³/mol. The smallest absolute Gasteiger partial charge is 0.264 e. The highest BCUT2D eigenvalue weighted by atomic mass is 127. The number of H-pyrrole nitrogens is 1. The summed E-state index contributed by atoms with van der Waals surface area (Å²) in [7, 11) is 0. The van der Waals surface area contributed by atoms with Gasteiger partial charge in [0.1, 0.15) is 5.69 Å². The Morgan fingerprint density at radius 2 is 2.17 bits per heavy atom. The maximum Gasteiger partial charge on any atom is 0.264 e. The summed E-state index contributed by atoms with van der Waals surface area (Å²) in [6.45, 7) is 1.97. The van der Waals surface area contributed by atoms with Crippen LogP contribution in [-0.2, 0) is 6.42 Å². The largest absolute Gasteiger partial charge is 0.304 e. The van der Waals surface area contributed by atoms with Crippen LogP contribution in [-0.4, -0.2) is 15.0 Å². The topological polar surface area (TPSA) is 58.6 Å². The number of nitrogens with zero attached hydrogens (tertiary/aromatic N) is 2. The molecule has 0 atom stereocenters. The summed E-state index contributed by atoms with van der Waals surface area (Å²) in [6.07, 6.45) is 2.38. The molecule has 0 amide bonds. The van der Waals surface area contributed by atoms with E-state index in [2.05, 4.69) is 46.8 Å². The lowest BCUT2D eigenvalue weighted by Gasteiger charge is -2.06. The summed E-state index contributed by atoms with van der Waals surface area (Å²) in [5, 5.41) is 0. The summed E-state index contributed by atoms with van der Waals surface area (Å²) < 4.78 is 2.28. The maximum absolute atomic E-state index is 11.8. The summed E-state index contributed by atoms with van der Waals surface area (Å²) in [4.78, 5) is 23.3. The number of nitrogens with one attached hydrogen (secondary N) is 1.